The smallest absolute Gasteiger partial charge is 0.234 e. The molecule has 0 bridgehead atoms. The fourth-order valence-electron chi connectivity index (χ4n) is 1.55. The number of nitrogen functional groups attached to an aromatic ring is 1. The summed E-state index contributed by atoms with van der Waals surface area (Å²) in [5.74, 6) is 0.589. The van der Waals surface area contributed by atoms with Crippen LogP contribution in [0.5, 0.6) is 0 Å². The number of anilines is 1. The van der Waals surface area contributed by atoms with Crippen molar-refractivity contribution in [2.45, 2.75) is 20.4 Å². The largest absolute Gasteiger partial charge is 0.382 e. The lowest BCUT2D eigenvalue weighted by molar-refractivity contribution is -0.122. The molecule has 0 radical (unpaired) electrons. The molecule has 96 valence electrons. The molecule has 1 heterocycles. The van der Waals surface area contributed by atoms with Gasteiger partial charge in [-0.1, -0.05) is 6.92 Å². The molecule has 0 aliphatic carbocycles. The number of carbonyl (C=O) groups excluding carboxylic acids is 1. The van der Waals surface area contributed by atoms with Crippen LogP contribution in [0.1, 0.15) is 13.8 Å². The number of amides is 1. The van der Waals surface area contributed by atoms with E-state index < -0.39 is 0 Å². The highest BCUT2D eigenvalue weighted by Gasteiger charge is 2.08. The first-order chi connectivity index (χ1) is 8.15. The van der Waals surface area contributed by atoms with Gasteiger partial charge in [-0.3, -0.25) is 14.4 Å². The fourth-order valence-corrected chi connectivity index (χ4v) is 1.55. The molecule has 6 nitrogen and oxygen atoms in total. The monoisotopic (exact) mass is 239 g/mol. The summed E-state index contributed by atoms with van der Waals surface area (Å²) in [6, 6.07) is 1.76. The van der Waals surface area contributed by atoms with Crippen molar-refractivity contribution in [2.24, 2.45) is 0 Å². The molecular formula is C11H21N5O. The predicted octanol–water partition coefficient (Wildman–Crippen LogP) is -0.0767. The van der Waals surface area contributed by atoms with Gasteiger partial charge < -0.3 is 11.1 Å². The van der Waals surface area contributed by atoms with Crippen LogP contribution in [0.15, 0.2) is 12.3 Å². The van der Waals surface area contributed by atoms with Gasteiger partial charge in [0.25, 0.3) is 0 Å². The average Bonchev–Trinajstić information content (AvgIpc) is 2.70. The maximum absolute atomic E-state index is 11.4. The van der Waals surface area contributed by atoms with Crippen molar-refractivity contribution >= 4 is 11.7 Å². The van der Waals surface area contributed by atoms with E-state index in [2.05, 4.69) is 15.3 Å². The van der Waals surface area contributed by atoms with Gasteiger partial charge in [0.1, 0.15) is 5.82 Å². The highest BCUT2D eigenvalue weighted by atomic mass is 16.2. The van der Waals surface area contributed by atoms with E-state index in [1.165, 1.54) is 0 Å². The van der Waals surface area contributed by atoms with Crippen LogP contribution >= 0.6 is 0 Å². The molecule has 17 heavy (non-hydrogen) atoms. The van der Waals surface area contributed by atoms with Crippen molar-refractivity contribution in [1.82, 2.24) is 20.0 Å². The Morgan fingerprint density at radius 3 is 2.88 bits per heavy atom. The normalized spacial score (nSPS) is 10.8. The van der Waals surface area contributed by atoms with Crippen LogP contribution in [0.3, 0.4) is 0 Å². The summed E-state index contributed by atoms with van der Waals surface area (Å²) in [5, 5.41) is 6.89. The summed E-state index contributed by atoms with van der Waals surface area (Å²) in [4.78, 5) is 13.5. The zero-order valence-corrected chi connectivity index (χ0v) is 10.5. The quantitative estimate of drug-likeness (QED) is 0.698. The van der Waals surface area contributed by atoms with Gasteiger partial charge in [-0.05, 0) is 19.5 Å². The number of aromatic nitrogens is 2. The van der Waals surface area contributed by atoms with Crippen molar-refractivity contribution < 1.29 is 4.79 Å². The van der Waals surface area contributed by atoms with Crippen LogP contribution in [0.4, 0.5) is 5.82 Å². The van der Waals surface area contributed by atoms with Gasteiger partial charge >= 0.3 is 0 Å². The molecule has 0 saturated carbocycles. The molecule has 0 aliphatic heterocycles. The van der Waals surface area contributed by atoms with Crippen LogP contribution in [0.2, 0.25) is 0 Å². The highest BCUT2D eigenvalue weighted by Crippen LogP contribution is 1.97. The minimum absolute atomic E-state index is 0.0642. The third-order valence-corrected chi connectivity index (χ3v) is 2.49. The van der Waals surface area contributed by atoms with Crippen LogP contribution in [0.25, 0.3) is 0 Å². The van der Waals surface area contributed by atoms with Crippen LogP contribution in [0, 0.1) is 0 Å². The Morgan fingerprint density at radius 2 is 2.35 bits per heavy atom. The molecule has 1 rings (SSSR count). The second-order valence-corrected chi connectivity index (χ2v) is 3.83. The van der Waals surface area contributed by atoms with Gasteiger partial charge in [0.15, 0.2) is 0 Å². The minimum atomic E-state index is 0.0642. The summed E-state index contributed by atoms with van der Waals surface area (Å²) in [7, 11) is 0. The molecule has 0 spiro atoms. The number of nitrogens with one attached hydrogen (secondary N) is 1. The number of likely N-dealkylation sites (N-methyl/N-ethyl adjacent to an activating group) is 2. The number of carbonyl (C=O) groups is 1. The van der Waals surface area contributed by atoms with E-state index in [9.17, 15) is 4.79 Å². The third kappa shape index (κ3) is 4.86. The van der Waals surface area contributed by atoms with Crippen molar-refractivity contribution in [3.05, 3.63) is 12.3 Å². The molecule has 0 saturated heterocycles. The van der Waals surface area contributed by atoms with E-state index in [0.717, 1.165) is 19.6 Å². The van der Waals surface area contributed by atoms with Gasteiger partial charge in [0, 0.05) is 19.3 Å². The first kappa shape index (κ1) is 13.5. The minimum Gasteiger partial charge on any atom is -0.382 e. The van der Waals surface area contributed by atoms with Gasteiger partial charge in [0.05, 0.1) is 13.1 Å². The molecule has 1 aromatic rings. The van der Waals surface area contributed by atoms with E-state index in [1.807, 2.05) is 20.0 Å². The second-order valence-electron chi connectivity index (χ2n) is 3.83. The van der Waals surface area contributed by atoms with Crippen LogP contribution < -0.4 is 11.1 Å². The molecule has 0 aromatic carbocycles. The molecule has 1 amide bonds. The summed E-state index contributed by atoms with van der Waals surface area (Å²) in [6.45, 7) is 7.43. The first-order valence-corrected chi connectivity index (χ1v) is 5.93. The molecule has 0 unspecified atom stereocenters. The zero-order valence-electron chi connectivity index (χ0n) is 10.5. The number of nitrogens with zero attached hydrogens (tertiary/aromatic N) is 3. The highest BCUT2D eigenvalue weighted by molar-refractivity contribution is 5.77. The van der Waals surface area contributed by atoms with Gasteiger partial charge in [-0.25, -0.2) is 0 Å². The Bertz CT molecular complexity index is 349. The fraction of sp³-hybridized carbons (Fsp3) is 0.636. The first-order valence-electron chi connectivity index (χ1n) is 5.93. The van der Waals surface area contributed by atoms with Gasteiger partial charge in [-0.2, -0.15) is 5.10 Å². The second kappa shape index (κ2) is 6.90. The third-order valence-electron chi connectivity index (χ3n) is 2.49. The molecule has 1 aromatic heterocycles. The standard InChI is InChI=1S/C11H21N5O/c1-3-13-11(17)9-15(4-2)7-8-16-6-5-10(12)14-16/h5-6H,3-4,7-9H2,1-2H3,(H2,12,14)(H,13,17). The Hall–Kier alpha value is -1.56. The lowest BCUT2D eigenvalue weighted by Crippen LogP contribution is -2.38. The van der Waals surface area contributed by atoms with Crippen LogP contribution in [-0.2, 0) is 11.3 Å². The lowest BCUT2D eigenvalue weighted by atomic mass is 10.4. The Kier molecular flexibility index (Phi) is 5.48. The summed E-state index contributed by atoms with van der Waals surface area (Å²) < 4.78 is 1.79. The Balaban J connectivity index is 2.34. The average molecular weight is 239 g/mol. The van der Waals surface area contributed by atoms with Crippen molar-refractivity contribution in [3.8, 4) is 0 Å². The topological polar surface area (TPSA) is 76.2 Å². The molecule has 0 atom stereocenters. The van der Waals surface area contributed by atoms with Crippen molar-refractivity contribution in [3.63, 3.8) is 0 Å². The zero-order chi connectivity index (χ0) is 12.7. The molecule has 0 fully saturated rings. The lowest BCUT2D eigenvalue weighted by Gasteiger charge is -2.19. The van der Waals surface area contributed by atoms with E-state index in [0.29, 0.717) is 18.9 Å². The van der Waals surface area contributed by atoms with E-state index >= 15 is 0 Å². The van der Waals surface area contributed by atoms with Gasteiger partial charge in [0.2, 0.25) is 5.91 Å². The SMILES string of the molecule is CCNC(=O)CN(CC)CCn1ccc(N)n1. The molecule has 3 N–H and O–H groups in total. The van der Waals surface area contributed by atoms with Crippen LogP contribution in [-0.4, -0.2) is 46.8 Å². The van der Waals surface area contributed by atoms with E-state index in [4.69, 9.17) is 5.73 Å². The van der Waals surface area contributed by atoms with Crippen molar-refractivity contribution in [1.29, 1.82) is 0 Å². The Morgan fingerprint density at radius 1 is 1.59 bits per heavy atom. The summed E-state index contributed by atoms with van der Waals surface area (Å²) >= 11 is 0. The maximum Gasteiger partial charge on any atom is 0.234 e. The summed E-state index contributed by atoms with van der Waals surface area (Å²) in [6.07, 6.45) is 1.84. The molecule has 6 heteroatoms. The predicted molar refractivity (Wildman–Crippen MR) is 67.4 cm³/mol. The maximum atomic E-state index is 11.4. The number of hydrogen-bond donors (Lipinski definition) is 2. The number of rotatable bonds is 7. The van der Waals surface area contributed by atoms with E-state index in [1.54, 1.807) is 10.7 Å². The van der Waals surface area contributed by atoms with Gasteiger partial charge in [-0.15, -0.1) is 0 Å². The van der Waals surface area contributed by atoms with E-state index in [-0.39, 0.29) is 5.91 Å². The number of nitrogens with two attached hydrogens (primary N) is 1. The van der Waals surface area contributed by atoms with Crippen molar-refractivity contribution in [2.75, 3.05) is 31.9 Å². The summed E-state index contributed by atoms with van der Waals surface area (Å²) in [5.41, 5.74) is 5.53. The number of hydrogen-bond acceptors (Lipinski definition) is 4. The Labute approximate surface area is 102 Å². The molecule has 0 aliphatic rings. The molecular weight excluding hydrogens is 218 g/mol.